The van der Waals surface area contributed by atoms with Gasteiger partial charge in [0.2, 0.25) is 0 Å². The van der Waals surface area contributed by atoms with Crippen LogP contribution in [-0.4, -0.2) is 17.3 Å². The molecule has 1 saturated carbocycles. The third kappa shape index (κ3) is 3.58. The van der Waals surface area contributed by atoms with E-state index in [4.69, 9.17) is 4.74 Å². The SMILES string of the molecule is O[C@]12CCCC[C@H]1[C@@H](c1cccc(OCc3ccccc3)c1)NCC2. The fraction of sp³-hybridized carbons (Fsp3) is 0.455. The number of nitrogens with one attached hydrogen (secondary N) is 1. The highest BCUT2D eigenvalue weighted by atomic mass is 16.5. The van der Waals surface area contributed by atoms with Gasteiger partial charge in [-0.3, -0.25) is 0 Å². The molecule has 1 aliphatic heterocycles. The van der Waals surface area contributed by atoms with Crippen LogP contribution < -0.4 is 10.1 Å². The van der Waals surface area contributed by atoms with E-state index in [9.17, 15) is 5.11 Å². The van der Waals surface area contributed by atoms with Crippen LogP contribution in [0.5, 0.6) is 5.75 Å². The summed E-state index contributed by atoms with van der Waals surface area (Å²) in [7, 11) is 0. The number of hydrogen-bond donors (Lipinski definition) is 2. The van der Waals surface area contributed by atoms with Crippen molar-refractivity contribution in [2.45, 2.75) is 50.4 Å². The van der Waals surface area contributed by atoms with Crippen molar-refractivity contribution in [3.8, 4) is 5.75 Å². The molecule has 4 rings (SSSR count). The lowest BCUT2D eigenvalue weighted by Gasteiger charge is -2.48. The molecule has 25 heavy (non-hydrogen) atoms. The van der Waals surface area contributed by atoms with Crippen molar-refractivity contribution in [3.63, 3.8) is 0 Å². The number of aliphatic hydroxyl groups is 1. The molecule has 1 saturated heterocycles. The van der Waals surface area contributed by atoms with Gasteiger partial charge in [-0.15, -0.1) is 0 Å². The minimum Gasteiger partial charge on any atom is -0.489 e. The Morgan fingerprint density at radius 2 is 1.92 bits per heavy atom. The molecule has 0 unspecified atom stereocenters. The molecule has 2 aromatic rings. The summed E-state index contributed by atoms with van der Waals surface area (Å²) < 4.78 is 5.99. The third-order valence-electron chi connectivity index (χ3n) is 5.86. The van der Waals surface area contributed by atoms with E-state index >= 15 is 0 Å². The van der Waals surface area contributed by atoms with Gasteiger partial charge < -0.3 is 15.2 Å². The maximum atomic E-state index is 11.1. The minimum atomic E-state index is -0.491. The predicted molar refractivity (Wildman–Crippen MR) is 99.5 cm³/mol. The monoisotopic (exact) mass is 337 g/mol. The van der Waals surface area contributed by atoms with Crippen LogP contribution in [0.3, 0.4) is 0 Å². The van der Waals surface area contributed by atoms with Crippen LogP contribution in [0, 0.1) is 5.92 Å². The number of piperidine rings is 1. The zero-order chi connectivity index (χ0) is 17.1. The molecule has 0 spiro atoms. The Bertz CT molecular complexity index is 698. The van der Waals surface area contributed by atoms with Gasteiger partial charge in [0.05, 0.1) is 5.60 Å². The number of ether oxygens (including phenoxy) is 1. The van der Waals surface area contributed by atoms with E-state index < -0.39 is 5.60 Å². The van der Waals surface area contributed by atoms with E-state index in [1.165, 1.54) is 17.5 Å². The lowest BCUT2D eigenvalue weighted by Crippen LogP contribution is -2.53. The van der Waals surface area contributed by atoms with Crippen molar-refractivity contribution in [3.05, 3.63) is 65.7 Å². The molecule has 3 atom stereocenters. The zero-order valence-corrected chi connectivity index (χ0v) is 14.7. The number of benzene rings is 2. The maximum absolute atomic E-state index is 11.1. The molecular formula is C22H27NO2. The van der Waals surface area contributed by atoms with Crippen molar-refractivity contribution in [2.24, 2.45) is 5.92 Å². The van der Waals surface area contributed by atoms with E-state index in [1.807, 2.05) is 24.3 Å². The molecule has 2 fully saturated rings. The van der Waals surface area contributed by atoms with Crippen LogP contribution in [0.15, 0.2) is 54.6 Å². The van der Waals surface area contributed by atoms with E-state index in [1.54, 1.807) is 0 Å². The van der Waals surface area contributed by atoms with Crippen LogP contribution in [0.25, 0.3) is 0 Å². The maximum Gasteiger partial charge on any atom is 0.120 e. The Hall–Kier alpha value is -1.84. The van der Waals surface area contributed by atoms with E-state index in [0.717, 1.165) is 38.0 Å². The molecule has 2 aliphatic rings. The summed E-state index contributed by atoms with van der Waals surface area (Å²) in [6.07, 6.45) is 5.29. The van der Waals surface area contributed by atoms with Gasteiger partial charge in [0.1, 0.15) is 12.4 Å². The average Bonchev–Trinajstić information content (AvgIpc) is 2.66. The van der Waals surface area contributed by atoms with Gasteiger partial charge in [-0.25, -0.2) is 0 Å². The van der Waals surface area contributed by atoms with Crippen molar-refractivity contribution < 1.29 is 9.84 Å². The topological polar surface area (TPSA) is 41.5 Å². The summed E-state index contributed by atoms with van der Waals surface area (Å²) >= 11 is 0. The van der Waals surface area contributed by atoms with Crippen LogP contribution in [0.1, 0.15) is 49.3 Å². The highest BCUT2D eigenvalue weighted by Crippen LogP contribution is 2.45. The standard InChI is InChI=1S/C22H27NO2/c24-22-12-5-4-11-20(22)21(23-14-13-22)18-9-6-10-19(15-18)25-16-17-7-2-1-3-8-17/h1-3,6-10,15,20-21,23-24H,4-5,11-14,16H2/t20-,21+,22-/m0/s1. The van der Waals surface area contributed by atoms with Crippen LogP contribution in [0.4, 0.5) is 0 Å². The van der Waals surface area contributed by atoms with Gasteiger partial charge in [0.15, 0.2) is 0 Å². The van der Waals surface area contributed by atoms with Gasteiger partial charge in [0.25, 0.3) is 0 Å². The normalized spacial score (nSPS) is 29.0. The molecule has 132 valence electrons. The van der Waals surface area contributed by atoms with Gasteiger partial charge in [-0.2, -0.15) is 0 Å². The number of fused-ring (bicyclic) bond motifs is 1. The largest absolute Gasteiger partial charge is 0.489 e. The first kappa shape index (κ1) is 16.6. The minimum absolute atomic E-state index is 0.222. The molecule has 0 bridgehead atoms. The summed E-state index contributed by atoms with van der Waals surface area (Å²) in [5.74, 6) is 1.20. The summed E-state index contributed by atoms with van der Waals surface area (Å²) in [5.41, 5.74) is 1.91. The van der Waals surface area contributed by atoms with Crippen molar-refractivity contribution in [2.75, 3.05) is 6.54 Å². The Kier molecular flexibility index (Phi) is 4.78. The van der Waals surface area contributed by atoms with Gasteiger partial charge in [-0.1, -0.05) is 55.3 Å². The Labute approximate surface area is 150 Å². The third-order valence-corrected chi connectivity index (χ3v) is 5.86. The Balaban J connectivity index is 1.50. The van der Waals surface area contributed by atoms with Crippen molar-refractivity contribution in [1.29, 1.82) is 0 Å². The Morgan fingerprint density at radius 3 is 2.80 bits per heavy atom. The van der Waals surface area contributed by atoms with Crippen molar-refractivity contribution >= 4 is 0 Å². The summed E-state index contributed by atoms with van der Waals surface area (Å²) in [4.78, 5) is 0. The number of rotatable bonds is 4. The van der Waals surface area contributed by atoms with Crippen LogP contribution in [0.2, 0.25) is 0 Å². The fourth-order valence-corrected chi connectivity index (χ4v) is 4.51. The first-order valence-electron chi connectivity index (χ1n) is 9.47. The lowest BCUT2D eigenvalue weighted by atomic mass is 9.67. The summed E-state index contributed by atoms with van der Waals surface area (Å²) in [6.45, 7) is 1.46. The van der Waals surface area contributed by atoms with Gasteiger partial charge in [-0.05, 0) is 49.1 Å². The molecule has 0 radical (unpaired) electrons. The van der Waals surface area contributed by atoms with E-state index in [0.29, 0.717) is 12.5 Å². The van der Waals surface area contributed by atoms with Crippen LogP contribution in [-0.2, 0) is 6.61 Å². The molecule has 0 aromatic heterocycles. The lowest BCUT2D eigenvalue weighted by molar-refractivity contribution is -0.0861. The second kappa shape index (κ2) is 7.19. The molecule has 2 aromatic carbocycles. The summed E-state index contributed by atoms with van der Waals surface area (Å²) in [6, 6.07) is 18.8. The quantitative estimate of drug-likeness (QED) is 0.877. The molecule has 0 amide bonds. The highest BCUT2D eigenvalue weighted by molar-refractivity contribution is 5.32. The molecule has 3 nitrogen and oxygen atoms in total. The van der Waals surface area contributed by atoms with E-state index in [-0.39, 0.29) is 6.04 Å². The molecule has 1 aliphatic carbocycles. The Morgan fingerprint density at radius 1 is 1.04 bits per heavy atom. The van der Waals surface area contributed by atoms with E-state index in [2.05, 4.69) is 35.6 Å². The number of hydrogen-bond acceptors (Lipinski definition) is 3. The van der Waals surface area contributed by atoms with Gasteiger partial charge in [0, 0.05) is 12.0 Å². The smallest absolute Gasteiger partial charge is 0.120 e. The fourth-order valence-electron chi connectivity index (χ4n) is 4.51. The second-order valence-corrected chi connectivity index (χ2v) is 7.48. The second-order valence-electron chi connectivity index (χ2n) is 7.48. The molecule has 1 heterocycles. The van der Waals surface area contributed by atoms with Crippen LogP contribution >= 0.6 is 0 Å². The summed E-state index contributed by atoms with van der Waals surface area (Å²) in [5, 5.41) is 14.7. The molecular weight excluding hydrogens is 310 g/mol. The zero-order valence-electron chi connectivity index (χ0n) is 14.7. The average molecular weight is 337 g/mol. The molecule has 2 N–H and O–H groups in total. The first-order valence-corrected chi connectivity index (χ1v) is 9.47. The predicted octanol–water partition coefficient (Wildman–Crippen LogP) is 4.22. The first-order chi connectivity index (χ1) is 12.2. The highest BCUT2D eigenvalue weighted by Gasteiger charge is 2.45. The van der Waals surface area contributed by atoms with Gasteiger partial charge >= 0.3 is 0 Å². The van der Waals surface area contributed by atoms with Crippen molar-refractivity contribution in [1.82, 2.24) is 5.32 Å². The molecule has 3 heteroatoms.